The molecule has 1 aliphatic heterocycles. The van der Waals surface area contributed by atoms with E-state index in [1.807, 2.05) is 24.3 Å². The van der Waals surface area contributed by atoms with Crippen molar-refractivity contribution >= 4 is 17.8 Å². The first-order valence-electron chi connectivity index (χ1n) is 8.17. The van der Waals surface area contributed by atoms with Gasteiger partial charge in [-0.3, -0.25) is 0 Å². The average molecular weight is 339 g/mol. The number of rotatable bonds is 6. The van der Waals surface area contributed by atoms with Gasteiger partial charge in [0.25, 0.3) is 0 Å². The first-order chi connectivity index (χ1) is 12.2. The maximum Gasteiger partial charge on any atom is 0.368 e. The van der Waals surface area contributed by atoms with Crippen molar-refractivity contribution < 1.29 is 18.8 Å². The van der Waals surface area contributed by atoms with Gasteiger partial charge >= 0.3 is 5.97 Å². The van der Waals surface area contributed by atoms with E-state index in [4.69, 9.17) is 9.57 Å². The lowest BCUT2D eigenvalue weighted by Crippen LogP contribution is -2.06. The molecule has 0 amide bonds. The Balaban J connectivity index is 1.79. The van der Waals surface area contributed by atoms with Crippen molar-refractivity contribution in [3.05, 3.63) is 71.0 Å². The van der Waals surface area contributed by atoms with Crippen LogP contribution in [-0.4, -0.2) is 18.3 Å². The molecule has 2 aromatic carbocycles. The molecule has 0 atom stereocenters. The summed E-state index contributed by atoms with van der Waals surface area (Å²) in [6.07, 6.45) is 3.79. The summed E-state index contributed by atoms with van der Waals surface area (Å²) in [5.41, 5.74) is 2.18. The van der Waals surface area contributed by atoms with Crippen molar-refractivity contribution in [3.63, 3.8) is 0 Å². The molecule has 0 N–H and O–H groups in total. The third kappa shape index (κ3) is 4.12. The standard InChI is InChI=1S/C20H18FNO3/c1-2-3-12-24-17-10-4-14(5-11-17)13-18-19(22-25-20(18)23)15-6-8-16(21)9-7-15/h4-11,13H,2-3,12H2,1H3/b18-13-. The highest BCUT2D eigenvalue weighted by Gasteiger charge is 2.26. The predicted molar refractivity (Wildman–Crippen MR) is 93.9 cm³/mol. The lowest BCUT2D eigenvalue weighted by molar-refractivity contribution is -0.136. The fourth-order valence-corrected chi connectivity index (χ4v) is 2.39. The largest absolute Gasteiger partial charge is 0.494 e. The van der Waals surface area contributed by atoms with Gasteiger partial charge in [0.1, 0.15) is 17.3 Å². The molecule has 4 nitrogen and oxygen atoms in total. The van der Waals surface area contributed by atoms with E-state index >= 15 is 0 Å². The summed E-state index contributed by atoms with van der Waals surface area (Å²) in [6.45, 7) is 2.80. The van der Waals surface area contributed by atoms with Crippen LogP contribution in [-0.2, 0) is 9.63 Å². The summed E-state index contributed by atoms with van der Waals surface area (Å²) >= 11 is 0. The van der Waals surface area contributed by atoms with Crippen LogP contribution < -0.4 is 4.74 Å². The van der Waals surface area contributed by atoms with Gasteiger partial charge in [0.05, 0.1) is 12.2 Å². The van der Waals surface area contributed by atoms with E-state index in [1.54, 1.807) is 18.2 Å². The number of benzene rings is 2. The molecule has 3 rings (SSSR count). The monoisotopic (exact) mass is 339 g/mol. The van der Waals surface area contributed by atoms with Gasteiger partial charge in [0, 0.05) is 5.56 Å². The Bertz CT molecular complexity index is 808. The molecular weight excluding hydrogens is 321 g/mol. The summed E-state index contributed by atoms with van der Waals surface area (Å²) in [6, 6.07) is 13.2. The molecule has 0 unspecified atom stereocenters. The van der Waals surface area contributed by atoms with Crippen LogP contribution in [0.2, 0.25) is 0 Å². The third-order valence-electron chi connectivity index (χ3n) is 3.77. The molecule has 0 fully saturated rings. The topological polar surface area (TPSA) is 47.9 Å². The molecule has 0 saturated heterocycles. The fraction of sp³-hybridized carbons (Fsp3) is 0.200. The first kappa shape index (κ1) is 16.9. The van der Waals surface area contributed by atoms with Crippen LogP contribution in [0.1, 0.15) is 30.9 Å². The predicted octanol–water partition coefficient (Wildman–Crippen LogP) is 4.35. The van der Waals surface area contributed by atoms with Gasteiger partial charge in [-0.1, -0.05) is 30.6 Å². The molecule has 0 bridgehead atoms. The summed E-state index contributed by atoms with van der Waals surface area (Å²) in [7, 11) is 0. The average Bonchev–Trinajstić information content (AvgIpc) is 2.98. The Morgan fingerprint density at radius 1 is 1.12 bits per heavy atom. The number of halogens is 1. The van der Waals surface area contributed by atoms with E-state index in [0.717, 1.165) is 24.2 Å². The summed E-state index contributed by atoms with van der Waals surface area (Å²) < 4.78 is 18.7. The molecular formula is C20H18FNO3. The number of unbranched alkanes of at least 4 members (excludes halogenated alkanes) is 1. The zero-order valence-corrected chi connectivity index (χ0v) is 13.9. The van der Waals surface area contributed by atoms with Gasteiger partial charge in [0.2, 0.25) is 0 Å². The van der Waals surface area contributed by atoms with Gasteiger partial charge < -0.3 is 9.57 Å². The van der Waals surface area contributed by atoms with Crippen molar-refractivity contribution in [2.24, 2.45) is 5.16 Å². The van der Waals surface area contributed by atoms with E-state index in [-0.39, 0.29) is 5.82 Å². The lowest BCUT2D eigenvalue weighted by Gasteiger charge is -2.05. The van der Waals surface area contributed by atoms with E-state index in [0.29, 0.717) is 23.5 Å². The minimum Gasteiger partial charge on any atom is -0.494 e. The quantitative estimate of drug-likeness (QED) is 0.447. The second-order valence-corrected chi connectivity index (χ2v) is 5.65. The van der Waals surface area contributed by atoms with Crippen LogP contribution in [0.25, 0.3) is 6.08 Å². The molecule has 2 aromatic rings. The van der Waals surface area contributed by atoms with E-state index in [9.17, 15) is 9.18 Å². The zero-order valence-electron chi connectivity index (χ0n) is 13.9. The second kappa shape index (κ2) is 7.75. The molecule has 1 aliphatic rings. The van der Waals surface area contributed by atoms with E-state index in [2.05, 4.69) is 12.1 Å². The number of nitrogens with zero attached hydrogens (tertiary/aromatic N) is 1. The van der Waals surface area contributed by atoms with Crippen LogP contribution in [0, 0.1) is 5.82 Å². The third-order valence-corrected chi connectivity index (χ3v) is 3.77. The van der Waals surface area contributed by atoms with Crippen molar-refractivity contribution in [3.8, 4) is 5.75 Å². The molecule has 0 aliphatic carbocycles. The van der Waals surface area contributed by atoms with Crippen LogP contribution in [0.4, 0.5) is 4.39 Å². The summed E-state index contributed by atoms with van der Waals surface area (Å²) in [4.78, 5) is 16.8. The molecule has 0 saturated carbocycles. The lowest BCUT2D eigenvalue weighted by atomic mass is 10.0. The van der Waals surface area contributed by atoms with Crippen molar-refractivity contribution in [2.45, 2.75) is 19.8 Å². The van der Waals surface area contributed by atoms with E-state index in [1.165, 1.54) is 12.1 Å². The molecule has 5 heteroatoms. The van der Waals surface area contributed by atoms with Crippen LogP contribution >= 0.6 is 0 Å². The van der Waals surface area contributed by atoms with Crippen molar-refractivity contribution in [2.75, 3.05) is 6.61 Å². The minimum atomic E-state index is -0.525. The number of ether oxygens (including phenoxy) is 1. The first-order valence-corrected chi connectivity index (χ1v) is 8.17. The minimum absolute atomic E-state index is 0.339. The van der Waals surface area contributed by atoms with Gasteiger partial charge in [-0.2, -0.15) is 0 Å². The molecule has 0 spiro atoms. The Morgan fingerprint density at radius 3 is 2.52 bits per heavy atom. The van der Waals surface area contributed by atoms with E-state index < -0.39 is 5.97 Å². The maximum atomic E-state index is 13.1. The summed E-state index contributed by atoms with van der Waals surface area (Å²) in [5.74, 6) is -0.0848. The van der Waals surface area contributed by atoms with Gasteiger partial charge in [0.15, 0.2) is 0 Å². The number of carbonyl (C=O) groups excluding carboxylic acids is 1. The number of hydrogen-bond donors (Lipinski definition) is 0. The molecule has 25 heavy (non-hydrogen) atoms. The molecule has 128 valence electrons. The molecule has 1 heterocycles. The van der Waals surface area contributed by atoms with Gasteiger partial charge in [-0.15, -0.1) is 0 Å². The Morgan fingerprint density at radius 2 is 1.84 bits per heavy atom. The highest BCUT2D eigenvalue weighted by atomic mass is 19.1. The zero-order chi connectivity index (χ0) is 17.6. The summed E-state index contributed by atoms with van der Waals surface area (Å²) in [5, 5.41) is 3.81. The Kier molecular flexibility index (Phi) is 5.23. The Hall–Kier alpha value is -2.95. The second-order valence-electron chi connectivity index (χ2n) is 5.65. The highest BCUT2D eigenvalue weighted by Crippen LogP contribution is 2.22. The number of oxime groups is 1. The van der Waals surface area contributed by atoms with Crippen molar-refractivity contribution in [1.29, 1.82) is 0 Å². The number of hydrogen-bond acceptors (Lipinski definition) is 4. The fourth-order valence-electron chi connectivity index (χ4n) is 2.39. The molecule has 0 radical (unpaired) electrons. The highest BCUT2D eigenvalue weighted by molar-refractivity contribution is 6.31. The maximum absolute atomic E-state index is 13.1. The van der Waals surface area contributed by atoms with Crippen LogP contribution in [0.15, 0.2) is 59.3 Å². The van der Waals surface area contributed by atoms with Crippen LogP contribution in [0.3, 0.4) is 0 Å². The van der Waals surface area contributed by atoms with Crippen LogP contribution in [0.5, 0.6) is 5.75 Å². The SMILES string of the molecule is CCCCOc1ccc(/C=C2\C(=O)ON=C2c2ccc(F)cc2)cc1. The number of carbonyl (C=O) groups is 1. The molecule has 0 aromatic heterocycles. The van der Waals surface area contributed by atoms with Gasteiger partial charge in [-0.05, 0) is 54.5 Å². The van der Waals surface area contributed by atoms with Crippen molar-refractivity contribution in [1.82, 2.24) is 0 Å². The smallest absolute Gasteiger partial charge is 0.368 e. The van der Waals surface area contributed by atoms with Gasteiger partial charge in [-0.25, -0.2) is 9.18 Å². The Labute approximate surface area is 145 Å². The normalized spacial score (nSPS) is 15.2.